The maximum Gasteiger partial charge on any atom is 0.158 e. The molecular formula is C24H24N4O2S. The third-order valence-electron chi connectivity index (χ3n) is 5.61. The topological polar surface area (TPSA) is 61.7 Å². The molecule has 0 saturated carbocycles. The van der Waals surface area contributed by atoms with E-state index in [4.69, 9.17) is 14.7 Å². The number of phenols is 1. The minimum atomic E-state index is 0.294. The summed E-state index contributed by atoms with van der Waals surface area (Å²) in [6.07, 6.45) is 0. The predicted octanol–water partition coefficient (Wildman–Crippen LogP) is 4.54. The molecule has 3 heterocycles. The van der Waals surface area contributed by atoms with Crippen LogP contribution in [-0.2, 0) is 11.3 Å². The maximum absolute atomic E-state index is 9.57. The highest BCUT2D eigenvalue weighted by molar-refractivity contribution is 7.17. The fraction of sp³-hybridized carbons (Fsp3) is 0.250. The first-order valence-electron chi connectivity index (χ1n) is 10.3. The van der Waals surface area contributed by atoms with Gasteiger partial charge in [-0.05, 0) is 29.8 Å². The first-order chi connectivity index (χ1) is 15.2. The number of phenolic OH excluding ortho intramolecular Hbond substituents is 1. The van der Waals surface area contributed by atoms with Gasteiger partial charge in [-0.25, -0.2) is 9.97 Å². The number of methoxy groups -OCH3 is 1. The number of hydrogen-bond donors (Lipinski definition) is 1. The molecule has 1 aliphatic heterocycles. The Morgan fingerprint density at radius 1 is 0.935 bits per heavy atom. The first kappa shape index (κ1) is 19.8. The number of aromatic hydroxyl groups is 1. The third kappa shape index (κ3) is 3.94. The second-order valence-corrected chi connectivity index (χ2v) is 8.44. The van der Waals surface area contributed by atoms with Crippen molar-refractivity contribution < 1.29 is 9.84 Å². The summed E-state index contributed by atoms with van der Waals surface area (Å²) >= 11 is 1.66. The van der Waals surface area contributed by atoms with Crippen LogP contribution in [-0.4, -0.2) is 48.4 Å². The van der Waals surface area contributed by atoms with Crippen LogP contribution in [0, 0.1) is 0 Å². The largest absolute Gasteiger partial charge is 0.508 e. The van der Waals surface area contributed by atoms with Crippen molar-refractivity contribution in [1.29, 1.82) is 0 Å². The molecule has 1 N–H and O–H groups in total. The fourth-order valence-electron chi connectivity index (χ4n) is 4.06. The van der Waals surface area contributed by atoms with Crippen molar-refractivity contribution in [2.45, 2.75) is 6.61 Å². The molecule has 2 aromatic heterocycles. The number of piperazine rings is 1. The standard InChI is InChI=1S/C24H24N4O2S/c1-30-15-21-25-23(22-20(16-31-24(22)26-21)17-5-3-2-4-6-17)28-13-11-27(12-14-28)18-7-9-19(29)10-8-18/h2-10,16,29H,11-15H2,1H3. The lowest BCUT2D eigenvalue weighted by Crippen LogP contribution is -2.47. The lowest BCUT2D eigenvalue weighted by molar-refractivity contribution is 0.178. The highest BCUT2D eigenvalue weighted by Gasteiger charge is 2.24. The Hall–Kier alpha value is -3.16. The summed E-state index contributed by atoms with van der Waals surface area (Å²) in [6, 6.07) is 17.9. The lowest BCUT2D eigenvalue weighted by Gasteiger charge is -2.37. The quantitative estimate of drug-likeness (QED) is 0.500. The van der Waals surface area contributed by atoms with Gasteiger partial charge in [0, 0.05) is 49.9 Å². The normalized spacial score (nSPS) is 14.4. The number of fused-ring (bicyclic) bond motifs is 1. The van der Waals surface area contributed by atoms with Crippen molar-refractivity contribution in [2.75, 3.05) is 43.1 Å². The van der Waals surface area contributed by atoms with Gasteiger partial charge in [0.2, 0.25) is 0 Å². The average molecular weight is 433 g/mol. The van der Waals surface area contributed by atoms with Crippen LogP contribution in [0.2, 0.25) is 0 Å². The van der Waals surface area contributed by atoms with E-state index in [9.17, 15) is 5.11 Å². The SMILES string of the molecule is COCc1nc(N2CCN(c3ccc(O)cc3)CC2)c2c(-c3ccccc3)csc2n1. The third-order valence-corrected chi connectivity index (χ3v) is 6.49. The fourth-order valence-corrected chi connectivity index (χ4v) is 5.02. The van der Waals surface area contributed by atoms with E-state index in [-0.39, 0.29) is 0 Å². The van der Waals surface area contributed by atoms with Crippen molar-refractivity contribution in [3.63, 3.8) is 0 Å². The van der Waals surface area contributed by atoms with Crippen LogP contribution in [0.3, 0.4) is 0 Å². The van der Waals surface area contributed by atoms with Crippen LogP contribution in [0.15, 0.2) is 60.0 Å². The molecule has 0 radical (unpaired) electrons. The molecule has 6 nitrogen and oxygen atoms in total. The second kappa shape index (κ2) is 8.53. The van der Waals surface area contributed by atoms with E-state index >= 15 is 0 Å². The summed E-state index contributed by atoms with van der Waals surface area (Å²) in [4.78, 5) is 15.4. The molecule has 1 fully saturated rings. The molecule has 7 heteroatoms. The molecule has 1 aliphatic rings. The molecule has 0 atom stereocenters. The molecule has 0 bridgehead atoms. The van der Waals surface area contributed by atoms with Crippen molar-refractivity contribution >= 4 is 33.1 Å². The lowest BCUT2D eigenvalue weighted by atomic mass is 10.1. The molecule has 0 aliphatic carbocycles. The van der Waals surface area contributed by atoms with Crippen LogP contribution in [0.1, 0.15) is 5.82 Å². The summed E-state index contributed by atoms with van der Waals surface area (Å²) in [6.45, 7) is 3.91. The van der Waals surface area contributed by atoms with Crippen molar-refractivity contribution in [3.05, 3.63) is 65.8 Å². The first-order valence-corrected chi connectivity index (χ1v) is 11.2. The summed E-state index contributed by atoms with van der Waals surface area (Å²) in [5, 5.41) is 12.9. The van der Waals surface area contributed by atoms with Gasteiger partial charge in [-0.1, -0.05) is 30.3 Å². The average Bonchev–Trinajstić information content (AvgIpc) is 3.24. The number of hydrogen-bond acceptors (Lipinski definition) is 7. The minimum Gasteiger partial charge on any atom is -0.508 e. The minimum absolute atomic E-state index is 0.294. The maximum atomic E-state index is 9.57. The van der Waals surface area contributed by atoms with Gasteiger partial charge in [0.05, 0.1) is 5.39 Å². The Kier molecular flexibility index (Phi) is 5.44. The number of anilines is 2. The molecule has 2 aromatic carbocycles. The van der Waals surface area contributed by atoms with E-state index in [1.165, 1.54) is 11.1 Å². The predicted molar refractivity (Wildman–Crippen MR) is 126 cm³/mol. The summed E-state index contributed by atoms with van der Waals surface area (Å²) in [5.41, 5.74) is 3.49. The zero-order chi connectivity index (χ0) is 21.2. The molecule has 1 saturated heterocycles. The number of thiophene rings is 1. The highest BCUT2D eigenvalue weighted by atomic mass is 32.1. The van der Waals surface area contributed by atoms with E-state index in [2.05, 4.69) is 39.4 Å². The molecule has 31 heavy (non-hydrogen) atoms. The Bertz CT molecular complexity index is 1170. The van der Waals surface area contributed by atoms with Crippen molar-refractivity contribution in [2.24, 2.45) is 0 Å². The van der Waals surface area contributed by atoms with E-state index in [0.29, 0.717) is 18.2 Å². The highest BCUT2D eigenvalue weighted by Crippen LogP contribution is 2.38. The van der Waals surface area contributed by atoms with Crippen LogP contribution >= 0.6 is 11.3 Å². The van der Waals surface area contributed by atoms with E-state index in [1.54, 1.807) is 30.6 Å². The van der Waals surface area contributed by atoms with Gasteiger partial charge in [-0.15, -0.1) is 11.3 Å². The second-order valence-electron chi connectivity index (χ2n) is 7.58. The van der Waals surface area contributed by atoms with Gasteiger partial charge >= 0.3 is 0 Å². The van der Waals surface area contributed by atoms with Gasteiger partial charge in [0.15, 0.2) is 5.82 Å². The molecule has 0 spiro atoms. The molecule has 158 valence electrons. The molecular weight excluding hydrogens is 408 g/mol. The van der Waals surface area contributed by atoms with Crippen LogP contribution in [0.5, 0.6) is 5.75 Å². The van der Waals surface area contributed by atoms with E-state index in [1.807, 2.05) is 18.2 Å². The van der Waals surface area contributed by atoms with Crippen LogP contribution in [0.4, 0.5) is 11.5 Å². The zero-order valence-corrected chi connectivity index (χ0v) is 18.2. The van der Waals surface area contributed by atoms with Crippen molar-refractivity contribution in [3.8, 4) is 16.9 Å². The number of nitrogens with zero attached hydrogens (tertiary/aromatic N) is 4. The van der Waals surface area contributed by atoms with Crippen LogP contribution < -0.4 is 9.80 Å². The van der Waals surface area contributed by atoms with Gasteiger partial charge in [0.1, 0.15) is 23.0 Å². The van der Waals surface area contributed by atoms with E-state index < -0.39 is 0 Å². The van der Waals surface area contributed by atoms with Gasteiger partial charge in [-0.2, -0.15) is 0 Å². The van der Waals surface area contributed by atoms with Gasteiger partial charge in [0.25, 0.3) is 0 Å². The number of rotatable bonds is 5. The Morgan fingerprint density at radius 2 is 1.65 bits per heavy atom. The molecule has 0 amide bonds. The van der Waals surface area contributed by atoms with Gasteiger partial charge in [-0.3, -0.25) is 0 Å². The van der Waals surface area contributed by atoms with E-state index in [0.717, 1.165) is 47.9 Å². The number of ether oxygens (including phenoxy) is 1. The molecule has 0 unspecified atom stereocenters. The molecule has 4 aromatic rings. The number of aromatic nitrogens is 2. The zero-order valence-electron chi connectivity index (χ0n) is 17.4. The van der Waals surface area contributed by atoms with Crippen LogP contribution in [0.25, 0.3) is 21.3 Å². The Balaban J connectivity index is 1.49. The Morgan fingerprint density at radius 3 is 2.35 bits per heavy atom. The summed E-state index contributed by atoms with van der Waals surface area (Å²) < 4.78 is 5.33. The number of benzene rings is 2. The van der Waals surface area contributed by atoms with Crippen molar-refractivity contribution in [1.82, 2.24) is 9.97 Å². The Labute approximate surface area is 185 Å². The monoisotopic (exact) mass is 432 g/mol. The summed E-state index contributed by atoms with van der Waals surface area (Å²) in [5.74, 6) is 2.00. The summed E-state index contributed by atoms with van der Waals surface area (Å²) in [7, 11) is 1.67. The van der Waals surface area contributed by atoms with Gasteiger partial charge < -0.3 is 19.6 Å². The smallest absolute Gasteiger partial charge is 0.158 e. The molecule has 5 rings (SSSR count).